The van der Waals surface area contributed by atoms with Crippen molar-refractivity contribution in [2.45, 2.75) is 32.6 Å². The van der Waals surface area contributed by atoms with Crippen molar-refractivity contribution in [3.63, 3.8) is 0 Å². The normalized spacial score (nSPS) is 13.5. The molecule has 0 aliphatic heterocycles. The average molecular weight is 433 g/mol. The molecule has 140 valence electrons. The standard InChI is InChI=1S/C23H21BrN4/c1-15-21(16-7-3-2-4-8-16)23-26-20-10-6-5-9-19(20)22(28(23)27-15)25-18-13-11-17(24)12-14-18/h2-4,7-8,11-14,25H,5-6,9-10H2,1H3. The number of halogens is 1. The van der Waals surface area contributed by atoms with E-state index in [4.69, 9.17) is 10.1 Å². The molecule has 1 aliphatic carbocycles. The van der Waals surface area contributed by atoms with Gasteiger partial charge in [-0.1, -0.05) is 46.3 Å². The lowest BCUT2D eigenvalue weighted by molar-refractivity contribution is 0.662. The van der Waals surface area contributed by atoms with Crippen LogP contribution in [0.3, 0.4) is 0 Å². The van der Waals surface area contributed by atoms with E-state index in [9.17, 15) is 0 Å². The Kier molecular flexibility index (Phi) is 4.40. The van der Waals surface area contributed by atoms with Crippen molar-refractivity contribution in [3.8, 4) is 11.1 Å². The second kappa shape index (κ2) is 7.06. The second-order valence-corrected chi connectivity index (χ2v) is 8.20. The highest BCUT2D eigenvalue weighted by molar-refractivity contribution is 9.10. The van der Waals surface area contributed by atoms with Crippen LogP contribution in [0.1, 0.15) is 29.8 Å². The number of nitrogens with zero attached hydrogens (tertiary/aromatic N) is 3. The summed E-state index contributed by atoms with van der Waals surface area (Å²) in [4.78, 5) is 5.08. The molecule has 1 aliphatic rings. The van der Waals surface area contributed by atoms with Crippen molar-refractivity contribution in [1.29, 1.82) is 0 Å². The Morgan fingerprint density at radius 1 is 0.964 bits per heavy atom. The van der Waals surface area contributed by atoms with Gasteiger partial charge in [0, 0.05) is 27.0 Å². The topological polar surface area (TPSA) is 42.2 Å². The number of rotatable bonds is 3. The molecular formula is C23H21BrN4. The largest absolute Gasteiger partial charge is 0.340 e. The van der Waals surface area contributed by atoms with Gasteiger partial charge in [-0.2, -0.15) is 9.61 Å². The van der Waals surface area contributed by atoms with Gasteiger partial charge in [0.15, 0.2) is 5.65 Å². The minimum atomic E-state index is 0.934. The monoisotopic (exact) mass is 432 g/mol. The van der Waals surface area contributed by atoms with Crippen LogP contribution in [-0.4, -0.2) is 14.6 Å². The minimum Gasteiger partial charge on any atom is -0.340 e. The highest BCUT2D eigenvalue weighted by atomic mass is 79.9. The summed E-state index contributed by atoms with van der Waals surface area (Å²) < 4.78 is 3.07. The lowest BCUT2D eigenvalue weighted by atomic mass is 9.96. The number of hydrogen-bond acceptors (Lipinski definition) is 3. The Bertz CT molecular complexity index is 1150. The molecule has 2 heterocycles. The SMILES string of the molecule is Cc1nn2c(Nc3ccc(Br)cc3)c3c(nc2c1-c1ccccc1)CCCC3. The van der Waals surface area contributed by atoms with Gasteiger partial charge in [-0.3, -0.25) is 0 Å². The molecule has 0 unspecified atom stereocenters. The van der Waals surface area contributed by atoms with Crippen LogP contribution in [0.5, 0.6) is 0 Å². The molecule has 1 N–H and O–H groups in total. The molecule has 0 bridgehead atoms. The first-order valence-electron chi connectivity index (χ1n) is 9.70. The summed E-state index contributed by atoms with van der Waals surface area (Å²) >= 11 is 3.51. The van der Waals surface area contributed by atoms with Crippen molar-refractivity contribution >= 4 is 33.1 Å². The Morgan fingerprint density at radius 3 is 2.50 bits per heavy atom. The molecule has 4 aromatic rings. The van der Waals surface area contributed by atoms with Gasteiger partial charge in [0.25, 0.3) is 0 Å². The van der Waals surface area contributed by atoms with Crippen LogP contribution in [0, 0.1) is 6.92 Å². The molecule has 0 saturated carbocycles. The maximum absolute atomic E-state index is 5.08. The molecular weight excluding hydrogens is 412 g/mol. The Labute approximate surface area is 172 Å². The number of hydrogen-bond donors (Lipinski definition) is 1. The second-order valence-electron chi connectivity index (χ2n) is 7.29. The summed E-state index contributed by atoms with van der Waals surface area (Å²) in [6.07, 6.45) is 4.46. The van der Waals surface area contributed by atoms with E-state index in [0.29, 0.717) is 0 Å². The fourth-order valence-corrected chi connectivity index (χ4v) is 4.30. The number of fused-ring (bicyclic) bond motifs is 2. The molecule has 0 fully saturated rings. The number of anilines is 2. The third-order valence-corrected chi connectivity index (χ3v) is 5.91. The number of nitrogens with one attached hydrogen (secondary N) is 1. The van der Waals surface area contributed by atoms with Gasteiger partial charge in [0.2, 0.25) is 0 Å². The van der Waals surface area contributed by atoms with Gasteiger partial charge in [-0.15, -0.1) is 0 Å². The zero-order chi connectivity index (χ0) is 19.1. The third kappa shape index (κ3) is 3.00. The van der Waals surface area contributed by atoms with Crippen molar-refractivity contribution in [3.05, 3.63) is 76.0 Å². The number of aromatic nitrogens is 3. The molecule has 2 aromatic carbocycles. The fourth-order valence-electron chi connectivity index (χ4n) is 4.04. The van der Waals surface area contributed by atoms with Gasteiger partial charge in [0.1, 0.15) is 5.82 Å². The van der Waals surface area contributed by atoms with Gasteiger partial charge in [-0.25, -0.2) is 4.98 Å². The summed E-state index contributed by atoms with van der Waals surface area (Å²) in [7, 11) is 0. The zero-order valence-corrected chi connectivity index (χ0v) is 17.3. The number of aryl methyl sites for hydroxylation is 2. The van der Waals surface area contributed by atoms with E-state index in [1.807, 2.05) is 10.6 Å². The van der Waals surface area contributed by atoms with E-state index in [1.54, 1.807) is 0 Å². The van der Waals surface area contributed by atoms with Crippen molar-refractivity contribution in [2.75, 3.05) is 5.32 Å². The minimum absolute atomic E-state index is 0.934. The predicted octanol–water partition coefficient (Wildman–Crippen LogP) is 6.09. The molecule has 0 radical (unpaired) electrons. The molecule has 4 nitrogen and oxygen atoms in total. The molecule has 0 amide bonds. The number of benzene rings is 2. The van der Waals surface area contributed by atoms with E-state index >= 15 is 0 Å². The summed E-state index contributed by atoms with van der Waals surface area (Å²) in [5.74, 6) is 1.05. The molecule has 5 heteroatoms. The highest BCUT2D eigenvalue weighted by Gasteiger charge is 2.23. The van der Waals surface area contributed by atoms with Crippen LogP contribution in [0.15, 0.2) is 59.1 Å². The first-order chi connectivity index (χ1) is 13.7. The van der Waals surface area contributed by atoms with Crippen LogP contribution in [0.2, 0.25) is 0 Å². The van der Waals surface area contributed by atoms with Gasteiger partial charge < -0.3 is 5.32 Å². The van der Waals surface area contributed by atoms with E-state index in [0.717, 1.165) is 51.3 Å². The Hall–Kier alpha value is -2.66. The van der Waals surface area contributed by atoms with Crippen molar-refractivity contribution in [1.82, 2.24) is 14.6 Å². The van der Waals surface area contributed by atoms with Gasteiger partial charge in [0.05, 0.1) is 5.69 Å². The first kappa shape index (κ1) is 17.4. The van der Waals surface area contributed by atoms with E-state index in [1.165, 1.54) is 24.1 Å². The fraction of sp³-hybridized carbons (Fsp3) is 0.217. The van der Waals surface area contributed by atoms with Gasteiger partial charge >= 0.3 is 0 Å². The highest BCUT2D eigenvalue weighted by Crippen LogP contribution is 2.35. The summed E-state index contributed by atoms with van der Waals surface area (Å²) in [5, 5.41) is 8.53. The Balaban J connectivity index is 1.74. The smallest absolute Gasteiger partial charge is 0.165 e. The molecule has 2 aromatic heterocycles. The van der Waals surface area contributed by atoms with Crippen LogP contribution >= 0.6 is 15.9 Å². The van der Waals surface area contributed by atoms with E-state index in [-0.39, 0.29) is 0 Å². The van der Waals surface area contributed by atoms with Crippen LogP contribution < -0.4 is 5.32 Å². The van der Waals surface area contributed by atoms with Crippen molar-refractivity contribution in [2.24, 2.45) is 0 Å². The molecule has 5 rings (SSSR count). The maximum atomic E-state index is 5.08. The third-order valence-electron chi connectivity index (χ3n) is 5.38. The lowest BCUT2D eigenvalue weighted by Crippen LogP contribution is -2.13. The maximum Gasteiger partial charge on any atom is 0.165 e. The molecule has 28 heavy (non-hydrogen) atoms. The molecule has 0 spiro atoms. The average Bonchev–Trinajstić information content (AvgIpc) is 3.05. The van der Waals surface area contributed by atoms with Crippen LogP contribution in [0.4, 0.5) is 11.5 Å². The van der Waals surface area contributed by atoms with E-state index in [2.05, 4.69) is 76.7 Å². The lowest BCUT2D eigenvalue weighted by Gasteiger charge is -2.20. The zero-order valence-electron chi connectivity index (χ0n) is 15.7. The van der Waals surface area contributed by atoms with Gasteiger partial charge in [-0.05, 0) is 62.4 Å². The summed E-state index contributed by atoms with van der Waals surface area (Å²) in [6, 6.07) is 18.7. The van der Waals surface area contributed by atoms with E-state index < -0.39 is 0 Å². The van der Waals surface area contributed by atoms with Crippen LogP contribution in [0.25, 0.3) is 16.8 Å². The predicted molar refractivity (Wildman–Crippen MR) is 117 cm³/mol. The van der Waals surface area contributed by atoms with Crippen LogP contribution in [-0.2, 0) is 12.8 Å². The summed E-state index contributed by atoms with van der Waals surface area (Å²) in [6.45, 7) is 2.07. The summed E-state index contributed by atoms with van der Waals surface area (Å²) in [5.41, 5.74) is 7.77. The quantitative estimate of drug-likeness (QED) is 0.425. The van der Waals surface area contributed by atoms with Crippen molar-refractivity contribution < 1.29 is 0 Å². The molecule has 0 atom stereocenters. The Morgan fingerprint density at radius 2 is 1.71 bits per heavy atom. The molecule has 0 saturated heterocycles. The first-order valence-corrected chi connectivity index (χ1v) is 10.5.